The highest BCUT2D eigenvalue weighted by atomic mass is 35.5. The van der Waals surface area contributed by atoms with E-state index in [0.717, 1.165) is 39.3 Å². The molecule has 3 nitrogen and oxygen atoms in total. The van der Waals surface area contributed by atoms with Gasteiger partial charge < -0.3 is 5.32 Å². The Morgan fingerprint density at radius 1 is 1.14 bits per heavy atom. The fraction of sp³-hybridized carbons (Fsp3) is 0.625. The van der Waals surface area contributed by atoms with E-state index < -0.39 is 11.6 Å². The smallest absolute Gasteiger partial charge is 0.130 e. The molecule has 0 radical (unpaired) electrons. The van der Waals surface area contributed by atoms with Crippen molar-refractivity contribution in [1.29, 1.82) is 0 Å². The van der Waals surface area contributed by atoms with Gasteiger partial charge in [-0.1, -0.05) is 6.07 Å². The van der Waals surface area contributed by atoms with Crippen molar-refractivity contribution in [1.82, 2.24) is 15.1 Å². The average Bonchev–Trinajstić information content (AvgIpc) is 3.01. The van der Waals surface area contributed by atoms with Gasteiger partial charge in [-0.2, -0.15) is 0 Å². The van der Waals surface area contributed by atoms with Gasteiger partial charge in [-0.15, -0.1) is 12.4 Å². The van der Waals surface area contributed by atoms with Crippen LogP contribution in [0.4, 0.5) is 8.78 Å². The van der Waals surface area contributed by atoms with Gasteiger partial charge in [0.25, 0.3) is 0 Å². The number of halogens is 3. The first-order valence-corrected chi connectivity index (χ1v) is 7.79. The van der Waals surface area contributed by atoms with E-state index in [4.69, 9.17) is 0 Å². The van der Waals surface area contributed by atoms with Gasteiger partial charge in [0.1, 0.15) is 11.6 Å². The predicted octanol–water partition coefficient (Wildman–Crippen LogP) is 2.43. The summed E-state index contributed by atoms with van der Waals surface area (Å²) in [4.78, 5) is 4.68. The Balaban J connectivity index is 0.00000176. The number of hydrogen-bond donors (Lipinski definition) is 1. The predicted molar refractivity (Wildman–Crippen MR) is 86.4 cm³/mol. The first-order valence-electron chi connectivity index (χ1n) is 7.79. The minimum absolute atomic E-state index is 0. The van der Waals surface area contributed by atoms with Crippen molar-refractivity contribution in [2.75, 3.05) is 39.3 Å². The quantitative estimate of drug-likeness (QED) is 0.917. The molecule has 2 saturated heterocycles. The van der Waals surface area contributed by atoms with Crippen molar-refractivity contribution in [3.63, 3.8) is 0 Å². The zero-order valence-electron chi connectivity index (χ0n) is 12.9. The van der Waals surface area contributed by atoms with Gasteiger partial charge in [-0.25, -0.2) is 8.78 Å². The van der Waals surface area contributed by atoms with Crippen LogP contribution in [0.5, 0.6) is 0 Å². The van der Waals surface area contributed by atoms with Crippen LogP contribution >= 0.6 is 12.4 Å². The summed E-state index contributed by atoms with van der Waals surface area (Å²) in [6.07, 6.45) is 1.21. The number of nitrogens with zero attached hydrogens (tertiary/aromatic N) is 2. The van der Waals surface area contributed by atoms with Crippen molar-refractivity contribution >= 4 is 12.4 Å². The Morgan fingerprint density at radius 3 is 2.32 bits per heavy atom. The Hall–Kier alpha value is -0.750. The summed E-state index contributed by atoms with van der Waals surface area (Å²) in [5.74, 6) is -0.880. The van der Waals surface area contributed by atoms with Gasteiger partial charge in [0.05, 0.1) is 0 Å². The van der Waals surface area contributed by atoms with Crippen molar-refractivity contribution in [2.24, 2.45) is 0 Å². The maximum Gasteiger partial charge on any atom is 0.130 e. The van der Waals surface area contributed by atoms with Gasteiger partial charge in [-0.05, 0) is 32.0 Å². The maximum absolute atomic E-state index is 13.9. The van der Waals surface area contributed by atoms with Crippen LogP contribution in [0.3, 0.4) is 0 Å². The summed E-state index contributed by atoms with van der Waals surface area (Å²) < 4.78 is 27.8. The lowest BCUT2D eigenvalue weighted by Crippen LogP contribution is -2.51. The molecule has 1 aromatic rings. The molecule has 2 atom stereocenters. The third kappa shape index (κ3) is 3.59. The Labute approximate surface area is 137 Å². The molecule has 2 unspecified atom stereocenters. The number of rotatable bonds is 3. The molecule has 22 heavy (non-hydrogen) atoms. The van der Waals surface area contributed by atoms with Crippen LogP contribution in [0, 0.1) is 11.6 Å². The summed E-state index contributed by atoms with van der Waals surface area (Å²) in [6.45, 7) is 7.75. The Morgan fingerprint density at radius 2 is 1.77 bits per heavy atom. The minimum Gasteiger partial charge on any atom is -0.315 e. The number of nitrogens with one attached hydrogen (secondary N) is 1. The van der Waals surface area contributed by atoms with E-state index in [1.165, 1.54) is 24.6 Å². The molecular formula is C16H24ClF2N3. The molecule has 124 valence electrons. The molecule has 6 heteroatoms. The van der Waals surface area contributed by atoms with Crippen LogP contribution < -0.4 is 5.32 Å². The van der Waals surface area contributed by atoms with Gasteiger partial charge in [0.15, 0.2) is 0 Å². The Kier molecular flexibility index (Phi) is 6.15. The van der Waals surface area contributed by atoms with E-state index in [1.807, 2.05) is 6.92 Å². The molecular weight excluding hydrogens is 308 g/mol. The standard InChI is InChI=1S/C16H23F2N3.ClH/c1-12(16-14(17)3-2-4-15(16)18)20-7-9-21(10-8-20)13-5-6-19-11-13;/h2-4,12-13,19H,5-11H2,1H3;1H. The first kappa shape index (κ1) is 17.6. The molecule has 0 saturated carbocycles. The largest absolute Gasteiger partial charge is 0.315 e. The first-order chi connectivity index (χ1) is 10.2. The normalized spacial score (nSPS) is 25.0. The Bertz CT molecular complexity index is 466. The fourth-order valence-electron chi connectivity index (χ4n) is 3.53. The van der Waals surface area contributed by atoms with Crippen molar-refractivity contribution in [3.05, 3.63) is 35.4 Å². The third-order valence-corrected chi connectivity index (χ3v) is 4.86. The van der Waals surface area contributed by atoms with Crippen LogP contribution in [0.25, 0.3) is 0 Å². The third-order valence-electron chi connectivity index (χ3n) is 4.86. The summed E-state index contributed by atoms with van der Waals surface area (Å²) in [6, 6.07) is 4.53. The molecule has 2 aliphatic rings. The lowest BCUT2D eigenvalue weighted by molar-refractivity contribution is 0.0765. The molecule has 2 fully saturated rings. The number of hydrogen-bond acceptors (Lipinski definition) is 3. The van der Waals surface area contributed by atoms with Gasteiger partial charge in [0, 0.05) is 50.4 Å². The van der Waals surface area contributed by atoms with E-state index in [2.05, 4.69) is 15.1 Å². The minimum atomic E-state index is -0.440. The molecule has 0 bridgehead atoms. The van der Waals surface area contributed by atoms with Gasteiger partial charge in [0.2, 0.25) is 0 Å². The molecule has 0 aliphatic carbocycles. The van der Waals surface area contributed by atoms with E-state index in [9.17, 15) is 8.78 Å². The van der Waals surface area contributed by atoms with E-state index in [1.54, 1.807) is 0 Å². The molecule has 1 aromatic carbocycles. The molecule has 2 heterocycles. The summed E-state index contributed by atoms with van der Waals surface area (Å²) in [5, 5.41) is 3.39. The molecule has 2 aliphatic heterocycles. The van der Waals surface area contributed by atoms with Crippen LogP contribution in [0.1, 0.15) is 24.9 Å². The van der Waals surface area contributed by atoms with Gasteiger partial charge in [-0.3, -0.25) is 9.80 Å². The average molecular weight is 332 g/mol. The highest BCUT2D eigenvalue weighted by Crippen LogP contribution is 2.27. The molecule has 1 N–H and O–H groups in total. The maximum atomic E-state index is 13.9. The lowest BCUT2D eigenvalue weighted by atomic mass is 10.0. The molecule has 0 amide bonds. The van der Waals surface area contributed by atoms with Crippen molar-refractivity contribution < 1.29 is 8.78 Å². The highest BCUT2D eigenvalue weighted by molar-refractivity contribution is 5.85. The van der Waals surface area contributed by atoms with E-state index in [-0.39, 0.29) is 24.0 Å². The zero-order valence-corrected chi connectivity index (χ0v) is 13.7. The highest BCUT2D eigenvalue weighted by Gasteiger charge is 2.29. The lowest BCUT2D eigenvalue weighted by Gasteiger charge is -2.40. The number of benzene rings is 1. The zero-order chi connectivity index (χ0) is 14.8. The summed E-state index contributed by atoms with van der Waals surface area (Å²) in [5.41, 5.74) is 0.202. The summed E-state index contributed by atoms with van der Waals surface area (Å²) in [7, 11) is 0. The fourth-order valence-corrected chi connectivity index (χ4v) is 3.53. The van der Waals surface area contributed by atoms with Crippen molar-refractivity contribution in [3.8, 4) is 0 Å². The second-order valence-corrected chi connectivity index (χ2v) is 6.03. The summed E-state index contributed by atoms with van der Waals surface area (Å²) >= 11 is 0. The van der Waals surface area contributed by atoms with Crippen molar-refractivity contribution in [2.45, 2.75) is 25.4 Å². The molecule has 0 aromatic heterocycles. The van der Waals surface area contributed by atoms with E-state index >= 15 is 0 Å². The van der Waals surface area contributed by atoms with Crippen LogP contribution in [0.2, 0.25) is 0 Å². The van der Waals surface area contributed by atoms with Gasteiger partial charge >= 0.3 is 0 Å². The second-order valence-electron chi connectivity index (χ2n) is 6.03. The SMILES string of the molecule is CC(c1c(F)cccc1F)N1CCN(C2CCNC2)CC1.Cl. The topological polar surface area (TPSA) is 18.5 Å². The molecule has 3 rings (SSSR count). The second kappa shape index (κ2) is 7.68. The van der Waals surface area contributed by atoms with E-state index in [0.29, 0.717) is 6.04 Å². The number of piperazine rings is 1. The van der Waals surface area contributed by atoms with Crippen LogP contribution in [-0.4, -0.2) is 55.1 Å². The monoisotopic (exact) mass is 331 g/mol. The van der Waals surface area contributed by atoms with Crippen LogP contribution in [0.15, 0.2) is 18.2 Å². The molecule has 0 spiro atoms. The van der Waals surface area contributed by atoms with Crippen LogP contribution in [-0.2, 0) is 0 Å².